The van der Waals surface area contributed by atoms with Crippen molar-refractivity contribution >= 4 is 10.9 Å². The molecule has 0 spiro atoms. The molecule has 1 aromatic heterocycles. The molecule has 0 saturated heterocycles. The minimum atomic E-state index is -0.296. The maximum atomic E-state index is 13.3. The molecule has 0 radical (unpaired) electrons. The van der Waals surface area contributed by atoms with E-state index in [0.717, 1.165) is 28.6 Å². The number of aromatic nitrogens is 2. The van der Waals surface area contributed by atoms with Gasteiger partial charge in [0, 0.05) is 5.39 Å². The largest absolute Gasteiger partial charge is 0.241 e. The second-order valence-electron chi connectivity index (χ2n) is 4.61. The molecule has 3 rings (SSSR count). The van der Waals surface area contributed by atoms with Crippen LogP contribution in [0.2, 0.25) is 0 Å². The van der Waals surface area contributed by atoms with Crippen LogP contribution in [0.25, 0.3) is 10.9 Å². The first-order valence-electron chi connectivity index (χ1n) is 6.36. The molecule has 0 aliphatic rings. The molecule has 0 fully saturated rings. The summed E-state index contributed by atoms with van der Waals surface area (Å²) in [7, 11) is 0. The fourth-order valence-corrected chi connectivity index (χ4v) is 2.20. The van der Waals surface area contributed by atoms with E-state index in [1.165, 1.54) is 30.6 Å². The zero-order valence-electron chi connectivity index (χ0n) is 10.7. The minimum absolute atomic E-state index is 0.247. The standard InChI is InChI=1S/C16H12F2N2/c17-12-4-1-11(2-5-12)3-7-15-14-9-13(18)6-8-16(14)20-10-19-15/h1-2,4-6,8-10H,3,7H2. The fourth-order valence-electron chi connectivity index (χ4n) is 2.20. The Morgan fingerprint density at radius 2 is 1.55 bits per heavy atom. The number of halogens is 2. The molecule has 0 bridgehead atoms. The van der Waals surface area contributed by atoms with Gasteiger partial charge in [0.1, 0.15) is 18.0 Å². The molecule has 100 valence electrons. The number of aryl methyl sites for hydroxylation is 2. The molecule has 1 heterocycles. The van der Waals surface area contributed by atoms with Crippen LogP contribution in [0.4, 0.5) is 8.78 Å². The van der Waals surface area contributed by atoms with Gasteiger partial charge in [-0.3, -0.25) is 0 Å². The van der Waals surface area contributed by atoms with Crippen LogP contribution in [0.5, 0.6) is 0 Å². The summed E-state index contributed by atoms with van der Waals surface area (Å²) < 4.78 is 26.2. The second kappa shape index (κ2) is 5.33. The summed E-state index contributed by atoms with van der Waals surface area (Å²) in [4.78, 5) is 8.35. The van der Waals surface area contributed by atoms with Crippen molar-refractivity contribution in [1.82, 2.24) is 9.97 Å². The van der Waals surface area contributed by atoms with E-state index in [-0.39, 0.29) is 11.6 Å². The molecule has 3 aromatic rings. The van der Waals surface area contributed by atoms with E-state index in [2.05, 4.69) is 9.97 Å². The first-order valence-corrected chi connectivity index (χ1v) is 6.36. The number of hydrogen-bond donors (Lipinski definition) is 0. The zero-order chi connectivity index (χ0) is 13.9. The topological polar surface area (TPSA) is 25.8 Å². The predicted molar refractivity (Wildman–Crippen MR) is 73.3 cm³/mol. The predicted octanol–water partition coefficient (Wildman–Crippen LogP) is 3.69. The Labute approximate surface area is 115 Å². The Morgan fingerprint density at radius 3 is 2.35 bits per heavy atom. The average Bonchev–Trinajstić information content (AvgIpc) is 2.47. The van der Waals surface area contributed by atoms with Crippen molar-refractivity contribution in [2.24, 2.45) is 0 Å². The number of fused-ring (bicyclic) bond motifs is 1. The van der Waals surface area contributed by atoms with E-state index in [1.54, 1.807) is 18.2 Å². The molecule has 0 N–H and O–H groups in total. The molecular weight excluding hydrogens is 258 g/mol. The van der Waals surface area contributed by atoms with Gasteiger partial charge >= 0.3 is 0 Å². The normalized spacial score (nSPS) is 10.9. The highest BCUT2D eigenvalue weighted by atomic mass is 19.1. The second-order valence-corrected chi connectivity index (χ2v) is 4.61. The molecule has 2 aromatic carbocycles. The van der Waals surface area contributed by atoms with Gasteiger partial charge in [-0.25, -0.2) is 18.7 Å². The van der Waals surface area contributed by atoms with Gasteiger partial charge in [0.15, 0.2) is 0 Å². The van der Waals surface area contributed by atoms with Crippen molar-refractivity contribution in [3.05, 3.63) is 71.7 Å². The Balaban J connectivity index is 1.87. The van der Waals surface area contributed by atoms with E-state index in [0.29, 0.717) is 6.42 Å². The van der Waals surface area contributed by atoms with Crippen molar-refractivity contribution in [3.63, 3.8) is 0 Å². The molecule has 4 heteroatoms. The summed E-state index contributed by atoms with van der Waals surface area (Å²) >= 11 is 0. The van der Waals surface area contributed by atoms with Crippen LogP contribution in [0, 0.1) is 11.6 Å². The molecule has 0 aliphatic heterocycles. The van der Waals surface area contributed by atoms with Gasteiger partial charge in [0.25, 0.3) is 0 Å². The lowest BCUT2D eigenvalue weighted by Crippen LogP contribution is -1.97. The Morgan fingerprint density at radius 1 is 0.800 bits per heavy atom. The summed E-state index contributed by atoms with van der Waals surface area (Å²) in [6, 6.07) is 10.9. The maximum absolute atomic E-state index is 13.3. The summed E-state index contributed by atoms with van der Waals surface area (Å²) in [5.74, 6) is -0.543. The minimum Gasteiger partial charge on any atom is -0.241 e. The first kappa shape index (κ1) is 12.7. The van der Waals surface area contributed by atoms with Crippen LogP contribution < -0.4 is 0 Å². The van der Waals surface area contributed by atoms with Gasteiger partial charge in [-0.2, -0.15) is 0 Å². The maximum Gasteiger partial charge on any atom is 0.124 e. The number of rotatable bonds is 3. The molecule has 20 heavy (non-hydrogen) atoms. The first-order chi connectivity index (χ1) is 9.72. The van der Waals surface area contributed by atoms with Crippen molar-refractivity contribution in [3.8, 4) is 0 Å². The van der Waals surface area contributed by atoms with E-state index in [4.69, 9.17) is 0 Å². The highest BCUT2D eigenvalue weighted by Gasteiger charge is 2.05. The van der Waals surface area contributed by atoms with Crippen molar-refractivity contribution in [2.75, 3.05) is 0 Å². The Hall–Kier alpha value is -2.36. The molecule has 0 aliphatic carbocycles. The Kier molecular flexibility index (Phi) is 3.37. The third-order valence-corrected chi connectivity index (χ3v) is 3.24. The summed E-state index contributed by atoms with van der Waals surface area (Å²) in [6.07, 6.45) is 2.87. The monoisotopic (exact) mass is 270 g/mol. The van der Waals surface area contributed by atoms with Gasteiger partial charge in [-0.15, -0.1) is 0 Å². The smallest absolute Gasteiger partial charge is 0.124 e. The molecule has 0 atom stereocenters. The van der Waals surface area contributed by atoms with Crippen molar-refractivity contribution in [1.29, 1.82) is 0 Å². The third-order valence-electron chi connectivity index (χ3n) is 3.24. The zero-order valence-corrected chi connectivity index (χ0v) is 10.7. The SMILES string of the molecule is Fc1ccc(CCc2ncnc3ccc(F)cc23)cc1. The third kappa shape index (κ3) is 2.64. The Bertz CT molecular complexity index is 739. The van der Waals surface area contributed by atoms with Gasteiger partial charge in [0.05, 0.1) is 11.2 Å². The lowest BCUT2D eigenvalue weighted by molar-refractivity contribution is 0.626. The number of benzene rings is 2. The quantitative estimate of drug-likeness (QED) is 0.725. The van der Waals surface area contributed by atoms with Crippen molar-refractivity contribution < 1.29 is 8.78 Å². The molecule has 2 nitrogen and oxygen atoms in total. The summed E-state index contributed by atoms with van der Waals surface area (Å²) in [5.41, 5.74) is 2.56. The van der Waals surface area contributed by atoms with Crippen LogP contribution >= 0.6 is 0 Å². The van der Waals surface area contributed by atoms with Crippen LogP contribution in [0.3, 0.4) is 0 Å². The van der Waals surface area contributed by atoms with Gasteiger partial charge in [-0.1, -0.05) is 12.1 Å². The van der Waals surface area contributed by atoms with Crippen LogP contribution in [-0.4, -0.2) is 9.97 Å². The molecule has 0 amide bonds. The van der Waals surface area contributed by atoms with Gasteiger partial charge < -0.3 is 0 Å². The van der Waals surface area contributed by atoms with E-state index in [1.807, 2.05) is 0 Å². The van der Waals surface area contributed by atoms with Crippen molar-refractivity contribution in [2.45, 2.75) is 12.8 Å². The van der Waals surface area contributed by atoms with E-state index >= 15 is 0 Å². The van der Waals surface area contributed by atoms with E-state index in [9.17, 15) is 8.78 Å². The fraction of sp³-hybridized carbons (Fsp3) is 0.125. The highest BCUT2D eigenvalue weighted by Crippen LogP contribution is 2.18. The summed E-state index contributed by atoms with van der Waals surface area (Å²) in [5, 5.41) is 0.731. The number of nitrogens with zero attached hydrogens (tertiary/aromatic N) is 2. The molecular formula is C16H12F2N2. The lowest BCUT2D eigenvalue weighted by atomic mass is 10.1. The average molecular weight is 270 g/mol. The van der Waals surface area contributed by atoms with Crippen LogP contribution in [-0.2, 0) is 12.8 Å². The summed E-state index contributed by atoms with van der Waals surface area (Å²) in [6.45, 7) is 0. The van der Waals surface area contributed by atoms with Gasteiger partial charge in [0.2, 0.25) is 0 Å². The molecule has 0 saturated carbocycles. The molecule has 0 unspecified atom stereocenters. The lowest BCUT2D eigenvalue weighted by Gasteiger charge is -2.05. The van der Waals surface area contributed by atoms with Gasteiger partial charge in [-0.05, 0) is 48.7 Å². The highest BCUT2D eigenvalue weighted by molar-refractivity contribution is 5.80. The van der Waals surface area contributed by atoms with Crippen LogP contribution in [0.15, 0.2) is 48.8 Å². The number of hydrogen-bond acceptors (Lipinski definition) is 2. The van der Waals surface area contributed by atoms with Crippen LogP contribution in [0.1, 0.15) is 11.3 Å². The van der Waals surface area contributed by atoms with E-state index < -0.39 is 0 Å².